The van der Waals surface area contributed by atoms with Gasteiger partial charge in [0.15, 0.2) is 0 Å². The summed E-state index contributed by atoms with van der Waals surface area (Å²) in [5.41, 5.74) is 0. The van der Waals surface area contributed by atoms with Crippen LogP contribution in [0.25, 0.3) is 0 Å². The number of carbonyl (C=O) groups is 1. The molecule has 1 amide bonds. The lowest BCUT2D eigenvalue weighted by Crippen LogP contribution is -2.40. The summed E-state index contributed by atoms with van der Waals surface area (Å²) in [7, 11) is -3.61. The maximum absolute atomic E-state index is 12.3. The van der Waals surface area contributed by atoms with Gasteiger partial charge in [0.2, 0.25) is 5.91 Å². The third-order valence-electron chi connectivity index (χ3n) is 4.22. The second-order valence-corrected chi connectivity index (χ2v) is 9.78. The van der Waals surface area contributed by atoms with E-state index in [0.717, 1.165) is 29.1 Å². The third kappa shape index (κ3) is 4.24. The molecule has 0 aliphatic heterocycles. The van der Waals surface area contributed by atoms with Crippen molar-refractivity contribution in [1.29, 1.82) is 0 Å². The first-order valence-electron chi connectivity index (χ1n) is 7.92. The summed E-state index contributed by atoms with van der Waals surface area (Å²) in [4.78, 5) is 13.4. The standard InChI is InChI=1S/C16H20N2O3S3/c19-14(11-17-24(20,21)15-8-4-10-23-15)18-16(12-5-1-2-6-12)13-7-3-9-22-13/h3-4,7-10,12,16-17H,1-2,5-6,11H2,(H,18,19). The summed E-state index contributed by atoms with van der Waals surface area (Å²) in [6.07, 6.45) is 4.58. The first-order valence-corrected chi connectivity index (χ1v) is 11.2. The molecule has 2 N–H and O–H groups in total. The average Bonchev–Trinajstić information content (AvgIpc) is 3.34. The summed E-state index contributed by atoms with van der Waals surface area (Å²) >= 11 is 2.76. The van der Waals surface area contributed by atoms with Crippen LogP contribution in [0.4, 0.5) is 0 Å². The molecule has 2 aromatic heterocycles. The average molecular weight is 385 g/mol. The lowest BCUT2D eigenvalue weighted by Gasteiger charge is -2.23. The molecule has 0 radical (unpaired) electrons. The Morgan fingerprint density at radius 2 is 1.88 bits per heavy atom. The summed E-state index contributed by atoms with van der Waals surface area (Å²) in [5.74, 6) is 0.141. The van der Waals surface area contributed by atoms with Crippen LogP contribution >= 0.6 is 22.7 Å². The minimum atomic E-state index is -3.61. The van der Waals surface area contributed by atoms with Gasteiger partial charge in [-0.15, -0.1) is 22.7 Å². The maximum atomic E-state index is 12.3. The Balaban J connectivity index is 1.62. The van der Waals surface area contributed by atoms with Crippen LogP contribution in [0.3, 0.4) is 0 Å². The monoisotopic (exact) mass is 384 g/mol. The number of rotatable bonds is 7. The van der Waals surface area contributed by atoms with E-state index in [1.165, 1.54) is 18.9 Å². The molecule has 0 aromatic carbocycles. The maximum Gasteiger partial charge on any atom is 0.250 e. The van der Waals surface area contributed by atoms with Crippen molar-refractivity contribution in [2.24, 2.45) is 5.92 Å². The van der Waals surface area contributed by atoms with Crippen LogP contribution in [0.5, 0.6) is 0 Å². The Kier molecular flexibility index (Phi) is 5.70. The second kappa shape index (κ2) is 7.77. The zero-order valence-corrected chi connectivity index (χ0v) is 15.6. The van der Waals surface area contributed by atoms with Gasteiger partial charge in [-0.3, -0.25) is 4.79 Å². The van der Waals surface area contributed by atoms with Crippen molar-refractivity contribution < 1.29 is 13.2 Å². The Morgan fingerprint density at radius 3 is 2.50 bits per heavy atom. The summed E-state index contributed by atoms with van der Waals surface area (Å²) in [5, 5.41) is 6.73. The van der Waals surface area contributed by atoms with Crippen LogP contribution in [0.2, 0.25) is 0 Å². The van der Waals surface area contributed by atoms with Gasteiger partial charge in [0.05, 0.1) is 12.6 Å². The fourth-order valence-corrected chi connectivity index (χ4v) is 5.94. The third-order valence-corrected chi connectivity index (χ3v) is 7.97. The van der Waals surface area contributed by atoms with Crippen molar-refractivity contribution in [3.05, 3.63) is 39.9 Å². The fourth-order valence-electron chi connectivity index (χ4n) is 3.05. The van der Waals surface area contributed by atoms with Crippen molar-refractivity contribution in [3.8, 4) is 0 Å². The number of hydrogen-bond acceptors (Lipinski definition) is 5. The van der Waals surface area contributed by atoms with Crippen molar-refractivity contribution in [1.82, 2.24) is 10.0 Å². The topological polar surface area (TPSA) is 75.3 Å². The van der Waals surface area contributed by atoms with E-state index in [2.05, 4.69) is 10.0 Å². The van der Waals surface area contributed by atoms with E-state index in [9.17, 15) is 13.2 Å². The Bertz CT molecular complexity index is 749. The highest BCUT2D eigenvalue weighted by Gasteiger charge is 2.28. The molecular formula is C16H20N2O3S3. The zero-order chi connectivity index (χ0) is 17.0. The van der Waals surface area contributed by atoms with E-state index in [1.54, 1.807) is 22.8 Å². The Hall–Kier alpha value is -1.22. The molecule has 1 atom stereocenters. The molecule has 2 aromatic rings. The number of nitrogens with one attached hydrogen (secondary N) is 2. The molecule has 0 spiro atoms. The highest BCUT2D eigenvalue weighted by molar-refractivity contribution is 7.91. The van der Waals surface area contributed by atoms with Gasteiger partial charge in [0.25, 0.3) is 10.0 Å². The normalized spacial score (nSPS) is 17.0. The van der Waals surface area contributed by atoms with Crippen LogP contribution in [0, 0.1) is 5.92 Å². The molecule has 3 rings (SSSR count). The molecule has 1 aliphatic carbocycles. The van der Waals surface area contributed by atoms with Gasteiger partial charge in [-0.05, 0) is 41.7 Å². The number of hydrogen-bond donors (Lipinski definition) is 2. The summed E-state index contributed by atoms with van der Waals surface area (Å²) < 4.78 is 26.8. The van der Waals surface area contributed by atoms with Crippen LogP contribution in [-0.4, -0.2) is 20.9 Å². The largest absolute Gasteiger partial charge is 0.347 e. The van der Waals surface area contributed by atoms with Gasteiger partial charge in [-0.1, -0.05) is 25.0 Å². The van der Waals surface area contributed by atoms with E-state index < -0.39 is 10.0 Å². The smallest absolute Gasteiger partial charge is 0.250 e. The number of carbonyl (C=O) groups excluding carboxylic acids is 1. The van der Waals surface area contributed by atoms with Gasteiger partial charge < -0.3 is 5.32 Å². The minimum Gasteiger partial charge on any atom is -0.347 e. The van der Waals surface area contributed by atoms with Crippen molar-refractivity contribution in [2.45, 2.75) is 35.9 Å². The fraction of sp³-hybridized carbons (Fsp3) is 0.438. The molecule has 0 saturated heterocycles. The minimum absolute atomic E-state index is 0.0220. The molecule has 8 heteroatoms. The molecule has 24 heavy (non-hydrogen) atoms. The predicted molar refractivity (Wildman–Crippen MR) is 96.7 cm³/mol. The molecule has 1 fully saturated rings. The van der Waals surface area contributed by atoms with Crippen LogP contribution < -0.4 is 10.0 Å². The van der Waals surface area contributed by atoms with Gasteiger partial charge in [-0.25, -0.2) is 13.1 Å². The Morgan fingerprint density at radius 1 is 1.17 bits per heavy atom. The lowest BCUT2D eigenvalue weighted by molar-refractivity contribution is -0.121. The van der Waals surface area contributed by atoms with Gasteiger partial charge in [0, 0.05) is 4.88 Å². The van der Waals surface area contributed by atoms with E-state index >= 15 is 0 Å². The predicted octanol–water partition coefficient (Wildman–Crippen LogP) is 3.14. The SMILES string of the molecule is O=C(CNS(=O)(=O)c1cccs1)NC(c1cccs1)C1CCCC1. The molecule has 2 heterocycles. The first-order chi connectivity index (χ1) is 11.6. The quantitative estimate of drug-likeness (QED) is 0.770. The molecule has 1 unspecified atom stereocenters. The van der Waals surface area contributed by atoms with E-state index in [-0.39, 0.29) is 22.7 Å². The van der Waals surface area contributed by atoms with Gasteiger partial charge in [0.1, 0.15) is 4.21 Å². The number of thiophene rings is 2. The molecule has 5 nitrogen and oxygen atoms in total. The van der Waals surface area contributed by atoms with Crippen LogP contribution in [-0.2, 0) is 14.8 Å². The molecular weight excluding hydrogens is 364 g/mol. The first kappa shape index (κ1) is 17.6. The molecule has 130 valence electrons. The number of sulfonamides is 1. The van der Waals surface area contributed by atoms with E-state index in [4.69, 9.17) is 0 Å². The molecule has 0 bridgehead atoms. The molecule has 1 aliphatic rings. The van der Waals surface area contributed by atoms with Gasteiger partial charge in [-0.2, -0.15) is 0 Å². The van der Waals surface area contributed by atoms with Crippen LogP contribution in [0.1, 0.15) is 36.6 Å². The van der Waals surface area contributed by atoms with Crippen molar-refractivity contribution in [2.75, 3.05) is 6.54 Å². The summed E-state index contributed by atoms with van der Waals surface area (Å²) in [6.45, 7) is -0.241. The number of amides is 1. The molecule has 1 saturated carbocycles. The van der Waals surface area contributed by atoms with E-state index in [0.29, 0.717) is 5.92 Å². The summed E-state index contributed by atoms with van der Waals surface area (Å²) in [6, 6.07) is 7.19. The van der Waals surface area contributed by atoms with Gasteiger partial charge >= 0.3 is 0 Å². The van der Waals surface area contributed by atoms with Crippen molar-refractivity contribution in [3.63, 3.8) is 0 Å². The highest BCUT2D eigenvalue weighted by Crippen LogP contribution is 2.37. The van der Waals surface area contributed by atoms with Crippen molar-refractivity contribution >= 4 is 38.6 Å². The zero-order valence-electron chi connectivity index (χ0n) is 13.1. The second-order valence-electron chi connectivity index (χ2n) is 5.86. The Labute approximate surface area is 150 Å². The lowest BCUT2D eigenvalue weighted by atomic mass is 9.96. The van der Waals surface area contributed by atoms with Crippen LogP contribution in [0.15, 0.2) is 39.2 Å². The highest BCUT2D eigenvalue weighted by atomic mass is 32.2. The van der Waals surface area contributed by atoms with E-state index in [1.807, 2.05) is 17.5 Å².